The van der Waals surface area contributed by atoms with Crippen molar-refractivity contribution in [2.45, 2.75) is 46.3 Å². The minimum absolute atomic E-state index is 0.0123. The first-order valence-electron chi connectivity index (χ1n) is 12.2. The van der Waals surface area contributed by atoms with Gasteiger partial charge in [-0.2, -0.15) is 0 Å². The molecule has 1 amide bonds. The van der Waals surface area contributed by atoms with E-state index in [9.17, 15) is 14.7 Å². The Balaban J connectivity index is 1.83. The van der Waals surface area contributed by atoms with Gasteiger partial charge in [-0.25, -0.2) is 0 Å². The summed E-state index contributed by atoms with van der Waals surface area (Å²) in [7, 11) is 0. The number of anilines is 1. The number of aliphatic hydroxyl groups is 1. The molecule has 3 aromatic rings. The fraction of sp³-hybridized carbons (Fsp3) is 0.267. The van der Waals surface area contributed by atoms with Gasteiger partial charge in [0.2, 0.25) is 0 Å². The molecule has 1 heterocycles. The minimum Gasteiger partial charge on any atom is -0.507 e. The Morgan fingerprint density at radius 1 is 1.00 bits per heavy atom. The summed E-state index contributed by atoms with van der Waals surface area (Å²) in [6.45, 7) is 8.39. The molecular weight excluding hydrogens is 454 g/mol. The number of hydrogen-bond acceptors (Lipinski definition) is 5. The number of amides is 1. The molecule has 1 aliphatic rings. The Hall–Kier alpha value is -4.06. The predicted octanol–water partition coefficient (Wildman–Crippen LogP) is 6.20. The number of carbonyl (C=O) groups is 2. The summed E-state index contributed by atoms with van der Waals surface area (Å²) in [4.78, 5) is 28.1. The molecule has 1 saturated heterocycles. The van der Waals surface area contributed by atoms with Crippen LogP contribution in [-0.2, 0) is 9.59 Å². The summed E-state index contributed by atoms with van der Waals surface area (Å²) in [5.74, 6) is -0.230. The van der Waals surface area contributed by atoms with Crippen molar-refractivity contribution in [3.8, 4) is 11.5 Å². The summed E-state index contributed by atoms with van der Waals surface area (Å²) >= 11 is 0. The molecule has 1 N–H and O–H groups in total. The van der Waals surface area contributed by atoms with E-state index in [0.29, 0.717) is 29.2 Å². The van der Waals surface area contributed by atoms with E-state index < -0.39 is 17.7 Å². The van der Waals surface area contributed by atoms with Crippen molar-refractivity contribution in [1.82, 2.24) is 0 Å². The van der Waals surface area contributed by atoms with E-state index in [2.05, 4.69) is 0 Å². The monoisotopic (exact) mass is 485 g/mol. The number of rotatable bonds is 8. The highest BCUT2D eigenvalue weighted by Gasteiger charge is 2.47. The van der Waals surface area contributed by atoms with Gasteiger partial charge >= 0.3 is 0 Å². The van der Waals surface area contributed by atoms with Crippen LogP contribution in [-0.4, -0.2) is 29.5 Å². The van der Waals surface area contributed by atoms with Crippen molar-refractivity contribution < 1.29 is 24.2 Å². The van der Waals surface area contributed by atoms with Crippen LogP contribution in [0.15, 0.2) is 78.4 Å². The SMILES string of the molecule is CCCOc1ccc(/C(O)=C2/C(=O)C(=O)N(c3ccccc3)C2c2ccc(OC(C)C)cc2)cc1C. The zero-order valence-electron chi connectivity index (χ0n) is 21.0. The summed E-state index contributed by atoms with van der Waals surface area (Å²) < 4.78 is 11.5. The lowest BCUT2D eigenvalue weighted by atomic mass is 9.94. The van der Waals surface area contributed by atoms with E-state index in [0.717, 1.165) is 17.7 Å². The molecule has 3 aromatic carbocycles. The normalized spacial score (nSPS) is 17.0. The molecule has 0 radical (unpaired) electrons. The molecule has 6 heteroatoms. The largest absolute Gasteiger partial charge is 0.507 e. The average molecular weight is 486 g/mol. The van der Waals surface area contributed by atoms with E-state index in [-0.39, 0.29) is 17.4 Å². The second-order valence-electron chi connectivity index (χ2n) is 9.07. The Labute approximate surface area is 211 Å². The maximum absolute atomic E-state index is 13.3. The number of benzene rings is 3. The number of ether oxygens (including phenoxy) is 2. The topological polar surface area (TPSA) is 76.1 Å². The van der Waals surface area contributed by atoms with Crippen molar-refractivity contribution in [3.05, 3.63) is 95.1 Å². The van der Waals surface area contributed by atoms with E-state index in [4.69, 9.17) is 9.47 Å². The van der Waals surface area contributed by atoms with Crippen LogP contribution >= 0.6 is 0 Å². The van der Waals surface area contributed by atoms with Crippen LogP contribution in [0, 0.1) is 6.92 Å². The van der Waals surface area contributed by atoms with Crippen LogP contribution in [0.2, 0.25) is 0 Å². The van der Waals surface area contributed by atoms with Gasteiger partial charge in [0.25, 0.3) is 11.7 Å². The molecule has 0 saturated carbocycles. The van der Waals surface area contributed by atoms with Gasteiger partial charge in [-0.15, -0.1) is 0 Å². The lowest BCUT2D eigenvalue weighted by Crippen LogP contribution is -2.29. The van der Waals surface area contributed by atoms with Gasteiger partial charge in [0.1, 0.15) is 17.3 Å². The Kier molecular flexibility index (Phi) is 7.44. The Morgan fingerprint density at radius 2 is 1.69 bits per heavy atom. The molecule has 1 unspecified atom stereocenters. The predicted molar refractivity (Wildman–Crippen MR) is 140 cm³/mol. The highest BCUT2D eigenvalue weighted by Crippen LogP contribution is 2.42. The molecule has 1 atom stereocenters. The summed E-state index contributed by atoms with van der Waals surface area (Å²) in [5, 5.41) is 11.4. The zero-order chi connectivity index (χ0) is 25.8. The standard InChI is InChI=1S/C30H31NO5/c1-5-17-35-25-16-13-22(18-20(25)4)28(32)26-27(21-11-14-24(15-12-21)36-19(2)3)31(30(34)29(26)33)23-9-7-6-8-10-23/h6-16,18-19,27,32H,5,17H2,1-4H3/b28-26-. The molecule has 4 rings (SSSR count). The summed E-state index contributed by atoms with van der Waals surface area (Å²) in [6, 6.07) is 20.7. The molecule has 1 fully saturated rings. The number of nitrogens with zero attached hydrogens (tertiary/aromatic N) is 1. The second kappa shape index (κ2) is 10.7. The average Bonchev–Trinajstić information content (AvgIpc) is 3.13. The minimum atomic E-state index is -0.795. The van der Waals surface area contributed by atoms with Gasteiger partial charge in [0.05, 0.1) is 24.3 Å². The Morgan fingerprint density at radius 3 is 2.31 bits per heavy atom. The lowest BCUT2D eigenvalue weighted by Gasteiger charge is -2.25. The number of hydrogen-bond donors (Lipinski definition) is 1. The molecule has 0 spiro atoms. The van der Waals surface area contributed by atoms with Crippen LogP contribution in [0.25, 0.3) is 5.76 Å². The zero-order valence-corrected chi connectivity index (χ0v) is 21.0. The maximum atomic E-state index is 13.3. The molecule has 0 bridgehead atoms. The van der Waals surface area contributed by atoms with Gasteiger partial charge < -0.3 is 14.6 Å². The van der Waals surface area contributed by atoms with Crippen LogP contribution in [0.3, 0.4) is 0 Å². The number of ketones is 1. The quantitative estimate of drug-likeness (QED) is 0.234. The van der Waals surface area contributed by atoms with Gasteiger partial charge in [-0.3, -0.25) is 14.5 Å². The molecule has 186 valence electrons. The van der Waals surface area contributed by atoms with E-state index in [1.165, 1.54) is 4.90 Å². The van der Waals surface area contributed by atoms with Crippen LogP contribution in [0.1, 0.15) is 49.9 Å². The number of aryl methyl sites for hydroxylation is 1. The van der Waals surface area contributed by atoms with Gasteiger partial charge in [-0.1, -0.05) is 37.3 Å². The van der Waals surface area contributed by atoms with Crippen LogP contribution in [0.5, 0.6) is 11.5 Å². The highest BCUT2D eigenvalue weighted by atomic mass is 16.5. The number of aliphatic hydroxyl groups excluding tert-OH is 1. The third kappa shape index (κ3) is 4.98. The second-order valence-corrected chi connectivity index (χ2v) is 9.07. The van der Waals surface area contributed by atoms with Crippen molar-refractivity contribution in [3.63, 3.8) is 0 Å². The number of Topliss-reactive ketones (excluding diaryl/α,β-unsaturated/α-hetero) is 1. The summed E-state index contributed by atoms with van der Waals surface area (Å²) in [6.07, 6.45) is 0.892. The van der Waals surface area contributed by atoms with Crippen molar-refractivity contribution in [2.75, 3.05) is 11.5 Å². The Bertz CT molecular complexity index is 1280. The van der Waals surface area contributed by atoms with Gasteiger partial charge in [0.15, 0.2) is 0 Å². The number of carbonyl (C=O) groups excluding carboxylic acids is 2. The van der Waals surface area contributed by atoms with Gasteiger partial charge in [-0.05, 0) is 80.8 Å². The fourth-order valence-corrected chi connectivity index (χ4v) is 4.33. The molecule has 36 heavy (non-hydrogen) atoms. The van der Waals surface area contributed by atoms with E-state index in [1.807, 2.05) is 70.2 Å². The van der Waals surface area contributed by atoms with Crippen molar-refractivity contribution >= 4 is 23.1 Å². The highest BCUT2D eigenvalue weighted by molar-refractivity contribution is 6.51. The summed E-state index contributed by atoms with van der Waals surface area (Å²) in [5.41, 5.74) is 2.59. The molecule has 1 aliphatic heterocycles. The third-order valence-electron chi connectivity index (χ3n) is 5.96. The van der Waals surface area contributed by atoms with E-state index >= 15 is 0 Å². The van der Waals surface area contributed by atoms with Gasteiger partial charge in [0, 0.05) is 11.3 Å². The first-order valence-corrected chi connectivity index (χ1v) is 12.2. The smallest absolute Gasteiger partial charge is 0.300 e. The third-order valence-corrected chi connectivity index (χ3v) is 5.96. The first kappa shape index (κ1) is 25.0. The number of para-hydroxylation sites is 1. The van der Waals surface area contributed by atoms with Crippen LogP contribution in [0.4, 0.5) is 5.69 Å². The maximum Gasteiger partial charge on any atom is 0.300 e. The molecule has 6 nitrogen and oxygen atoms in total. The first-order chi connectivity index (χ1) is 17.3. The molecule has 0 aliphatic carbocycles. The van der Waals surface area contributed by atoms with Crippen molar-refractivity contribution in [2.24, 2.45) is 0 Å². The van der Waals surface area contributed by atoms with E-state index in [1.54, 1.807) is 30.3 Å². The molecular formula is C30H31NO5. The van der Waals surface area contributed by atoms with Crippen molar-refractivity contribution in [1.29, 1.82) is 0 Å². The lowest BCUT2D eigenvalue weighted by molar-refractivity contribution is -0.132. The van der Waals surface area contributed by atoms with Crippen LogP contribution < -0.4 is 14.4 Å². The molecule has 0 aromatic heterocycles. The fourth-order valence-electron chi connectivity index (χ4n) is 4.33.